The van der Waals surface area contributed by atoms with E-state index in [9.17, 15) is 8.42 Å². The molecule has 1 N–H and O–H groups in total. The minimum Gasteiger partial charge on any atom is -0.370 e. The molecule has 0 radical (unpaired) electrons. The molecule has 3 fully saturated rings. The van der Waals surface area contributed by atoms with E-state index in [-0.39, 0.29) is 4.90 Å². The van der Waals surface area contributed by atoms with Gasteiger partial charge in [-0.2, -0.15) is 18.4 Å². The lowest BCUT2D eigenvalue weighted by molar-refractivity contribution is 0.242. The average Bonchev–Trinajstić information content (AvgIpc) is 2.69. The quantitative estimate of drug-likeness (QED) is 0.826. The lowest BCUT2D eigenvalue weighted by Crippen LogP contribution is -2.46. The molecule has 0 atom stereocenters. The summed E-state index contributed by atoms with van der Waals surface area (Å²) >= 11 is 0. The zero-order valence-electron chi connectivity index (χ0n) is 15.3. The Labute approximate surface area is 160 Å². The van der Waals surface area contributed by atoms with Crippen molar-refractivity contribution < 1.29 is 8.42 Å². The molecule has 0 aromatic heterocycles. The number of hydrogen-bond acceptors (Lipinski definition) is 4. The Morgan fingerprint density at radius 2 is 1.70 bits per heavy atom. The first-order valence-electron chi connectivity index (χ1n) is 9.21. The van der Waals surface area contributed by atoms with Crippen LogP contribution in [0.25, 0.3) is 6.08 Å². The zero-order valence-corrected chi connectivity index (χ0v) is 16.1. The lowest BCUT2D eigenvalue weighted by Gasteiger charge is -2.43. The Balaban J connectivity index is 1.65. The van der Waals surface area contributed by atoms with Gasteiger partial charge in [0.1, 0.15) is 0 Å². The van der Waals surface area contributed by atoms with Gasteiger partial charge in [-0.1, -0.05) is 48.0 Å². The molecule has 2 aromatic rings. The van der Waals surface area contributed by atoms with Crippen LogP contribution in [0, 0.1) is 12.8 Å². The number of fused-ring (bicyclic) bond motifs is 3. The summed E-state index contributed by atoms with van der Waals surface area (Å²) in [7, 11) is -3.67. The van der Waals surface area contributed by atoms with E-state index in [4.69, 9.17) is 0 Å². The molecule has 0 unspecified atom stereocenters. The number of allylic oxidation sites excluding steroid dienone is 1. The van der Waals surface area contributed by atoms with Crippen LogP contribution in [0.4, 0.5) is 0 Å². The maximum Gasteiger partial charge on any atom is 0.276 e. The molecule has 5 rings (SSSR count). The topological polar surface area (TPSA) is 61.8 Å². The second-order valence-corrected chi connectivity index (χ2v) is 8.77. The highest BCUT2D eigenvalue weighted by atomic mass is 32.2. The first-order chi connectivity index (χ1) is 13.0. The first kappa shape index (κ1) is 17.8. The van der Waals surface area contributed by atoms with Gasteiger partial charge in [-0.15, -0.1) is 0 Å². The highest BCUT2D eigenvalue weighted by Crippen LogP contribution is 2.33. The van der Waals surface area contributed by atoms with Gasteiger partial charge in [0.05, 0.1) is 16.3 Å². The Kier molecular flexibility index (Phi) is 4.74. The number of sulfonamides is 1. The largest absolute Gasteiger partial charge is 0.370 e. The van der Waals surface area contributed by atoms with Crippen LogP contribution in [0.3, 0.4) is 0 Å². The Morgan fingerprint density at radius 1 is 1.04 bits per heavy atom. The predicted octanol–water partition coefficient (Wildman–Crippen LogP) is 3.40. The molecule has 3 aliphatic heterocycles. The fraction of sp³-hybridized carbons (Fsp3) is 0.286. The van der Waals surface area contributed by atoms with E-state index in [1.54, 1.807) is 24.3 Å². The Morgan fingerprint density at radius 3 is 2.37 bits per heavy atom. The summed E-state index contributed by atoms with van der Waals surface area (Å²) in [5.41, 5.74) is 3.97. The number of aryl methyl sites for hydroxylation is 1. The molecule has 0 spiro atoms. The van der Waals surface area contributed by atoms with Gasteiger partial charge in [-0.25, -0.2) is 0 Å². The second kappa shape index (κ2) is 7.19. The Bertz CT molecular complexity index is 972. The molecule has 3 aliphatic rings. The first-order valence-corrected chi connectivity index (χ1v) is 10.7. The molecular formula is C21H23N3O2S. The van der Waals surface area contributed by atoms with E-state index < -0.39 is 10.0 Å². The van der Waals surface area contributed by atoms with Crippen LogP contribution in [0.1, 0.15) is 24.0 Å². The highest BCUT2D eigenvalue weighted by Gasteiger charge is 2.35. The van der Waals surface area contributed by atoms with E-state index in [1.165, 1.54) is 0 Å². The number of hydrogen-bond donors (Lipinski definition) is 1. The van der Waals surface area contributed by atoms with Gasteiger partial charge in [0, 0.05) is 19.0 Å². The molecule has 2 aromatic carbocycles. The number of hydrazone groups is 1. The third-order valence-corrected chi connectivity index (χ3v) is 6.43. The molecule has 0 amide bonds. The van der Waals surface area contributed by atoms with Gasteiger partial charge in [0.2, 0.25) is 0 Å². The third kappa shape index (κ3) is 3.76. The molecule has 5 nitrogen and oxygen atoms in total. The van der Waals surface area contributed by atoms with Gasteiger partial charge in [0.25, 0.3) is 10.0 Å². The average molecular weight is 382 g/mol. The van der Waals surface area contributed by atoms with Crippen LogP contribution in [-0.4, -0.2) is 32.1 Å². The summed E-state index contributed by atoms with van der Waals surface area (Å²) in [5, 5.41) is 4.38. The van der Waals surface area contributed by atoms with E-state index in [2.05, 4.69) is 20.9 Å². The summed E-state index contributed by atoms with van der Waals surface area (Å²) < 4.78 is 25.2. The molecule has 0 aliphatic carbocycles. The SMILES string of the molecule is Cc1ccc(S(=O)(=O)NN=C2/C(=C/c3ccccc3)N3CCC2CC3)cc1. The smallest absolute Gasteiger partial charge is 0.276 e. The molecule has 2 bridgehead atoms. The van der Waals surface area contributed by atoms with Crippen molar-refractivity contribution in [1.29, 1.82) is 0 Å². The van der Waals surface area contributed by atoms with Crippen molar-refractivity contribution >= 4 is 21.8 Å². The molecule has 140 valence electrons. The number of nitrogens with zero attached hydrogens (tertiary/aromatic N) is 2. The summed E-state index contributed by atoms with van der Waals surface area (Å²) in [4.78, 5) is 4.98. The lowest BCUT2D eigenvalue weighted by atomic mass is 9.83. The molecule has 3 saturated heterocycles. The van der Waals surface area contributed by atoms with Gasteiger partial charge < -0.3 is 4.90 Å². The number of nitrogens with one attached hydrogen (secondary N) is 1. The standard InChI is InChI=1S/C21H23N3O2S/c1-16-7-9-19(10-8-16)27(25,26)23-22-21-18-11-13-24(14-12-18)20(21)15-17-5-3-2-4-6-17/h2-10,15,18,23H,11-14H2,1H3/b20-15-,22-21?. The van der Waals surface area contributed by atoms with Gasteiger partial charge in [0.15, 0.2) is 0 Å². The van der Waals surface area contributed by atoms with Crippen molar-refractivity contribution in [2.45, 2.75) is 24.7 Å². The maximum atomic E-state index is 12.6. The van der Waals surface area contributed by atoms with Crippen LogP contribution in [0.15, 0.2) is 70.3 Å². The fourth-order valence-electron chi connectivity index (χ4n) is 3.67. The third-order valence-electron chi connectivity index (χ3n) is 5.21. The number of benzene rings is 2. The monoisotopic (exact) mass is 381 g/mol. The summed E-state index contributed by atoms with van der Waals surface area (Å²) in [6.07, 6.45) is 4.12. The van der Waals surface area contributed by atoms with Gasteiger partial charge >= 0.3 is 0 Å². The van der Waals surface area contributed by atoms with E-state index >= 15 is 0 Å². The molecule has 6 heteroatoms. The van der Waals surface area contributed by atoms with Crippen LogP contribution in [0.2, 0.25) is 0 Å². The van der Waals surface area contributed by atoms with Crippen molar-refractivity contribution in [2.24, 2.45) is 11.0 Å². The van der Waals surface area contributed by atoms with Crippen molar-refractivity contribution in [2.75, 3.05) is 13.1 Å². The Hall–Kier alpha value is -2.60. The van der Waals surface area contributed by atoms with Gasteiger partial charge in [-0.3, -0.25) is 0 Å². The second-order valence-electron chi connectivity index (χ2n) is 7.11. The maximum absolute atomic E-state index is 12.6. The summed E-state index contributed by atoms with van der Waals surface area (Å²) in [6, 6.07) is 16.9. The van der Waals surface area contributed by atoms with Crippen LogP contribution < -0.4 is 4.83 Å². The van der Waals surface area contributed by atoms with Crippen molar-refractivity contribution in [3.8, 4) is 0 Å². The summed E-state index contributed by atoms with van der Waals surface area (Å²) in [6.45, 7) is 3.91. The van der Waals surface area contributed by atoms with Crippen LogP contribution >= 0.6 is 0 Å². The van der Waals surface area contributed by atoms with E-state index in [0.29, 0.717) is 5.92 Å². The molecule has 0 saturated carbocycles. The molecular weight excluding hydrogens is 358 g/mol. The normalized spacial score (nSPS) is 20.4. The van der Waals surface area contributed by atoms with E-state index in [1.807, 2.05) is 37.3 Å². The van der Waals surface area contributed by atoms with Crippen LogP contribution in [-0.2, 0) is 10.0 Å². The van der Waals surface area contributed by atoms with Crippen molar-refractivity contribution in [3.63, 3.8) is 0 Å². The molecule has 3 heterocycles. The highest BCUT2D eigenvalue weighted by molar-refractivity contribution is 7.89. The molecule has 27 heavy (non-hydrogen) atoms. The van der Waals surface area contributed by atoms with Crippen LogP contribution in [0.5, 0.6) is 0 Å². The van der Waals surface area contributed by atoms with Crippen molar-refractivity contribution in [3.05, 3.63) is 71.4 Å². The number of rotatable bonds is 4. The minimum absolute atomic E-state index is 0.229. The van der Waals surface area contributed by atoms with Gasteiger partial charge in [-0.05, 0) is 43.5 Å². The number of piperidine rings is 3. The minimum atomic E-state index is -3.67. The van der Waals surface area contributed by atoms with E-state index in [0.717, 1.165) is 48.5 Å². The fourth-order valence-corrected chi connectivity index (χ4v) is 4.48. The van der Waals surface area contributed by atoms with Crippen molar-refractivity contribution in [1.82, 2.24) is 9.73 Å². The predicted molar refractivity (Wildman–Crippen MR) is 108 cm³/mol. The summed E-state index contributed by atoms with van der Waals surface area (Å²) in [5.74, 6) is 0.297. The zero-order chi connectivity index (χ0) is 18.9.